The summed E-state index contributed by atoms with van der Waals surface area (Å²) in [5.74, 6) is 0.549. The molecule has 3 rings (SSSR count). The van der Waals surface area contributed by atoms with E-state index < -0.39 is 0 Å². The number of nitrogens with one attached hydrogen (secondary N) is 2. The molecular weight excluding hydrogens is 296 g/mol. The Labute approximate surface area is 133 Å². The molecule has 120 valence electrons. The largest absolute Gasteiger partial charge is 0.492 e. The van der Waals surface area contributed by atoms with Crippen LogP contribution in [0, 0.1) is 5.92 Å². The van der Waals surface area contributed by atoms with Gasteiger partial charge in [0.05, 0.1) is 12.2 Å². The predicted molar refractivity (Wildman–Crippen MR) is 83.2 cm³/mol. The number of furan rings is 1. The van der Waals surface area contributed by atoms with Gasteiger partial charge in [0.2, 0.25) is 5.91 Å². The van der Waals surface area contributed by atoms with Gasteiger partial charge >= 0.3 is 0 Å². The zero-order valence-electron chi connectivity index (χ0n) is 12.6. The van der Waals surface area contributed by atoms with E-state index in [0.29, 0.717) is 26.1 Å². The van der Waals surface area contributed by atoms with Crippen LogP contribution in [0.4, 0.5) is 0 Å². The van der Waals surface area contributed by atoms with Crippen molar-refractivity contribution in [2.45, 2.75) is 6.42 Å². The SMILES string of the molecule is O=C(NCCNC(=O)C1COc2ccccc2C1)c1ccco1. The van der Waals surface area contributed by atoms with E-state index in [1.165, 1.54) is 6.26 Å². The van der Waals surface area contributed by atoms with Crippen molar-refractivity contribution in [3.63, 3.8) is 0 Å². The van der Waals surface area contributed by atoms with Crippen molar-refractivity contribution in [2.24, 2.45) is 5.92 Å². The van der Waals surface area contributed by atoms with Crippen molar-refractivity contribution >= 4 is 11.8 Å². The second-order valence-electron chi connectivity index (χ2n) is 5.34. The van der Waals surface area contributed by atoms with Gasteiger partial charge in [0, 0.05) is 13.1 Å². The lowest BCUT2D eigenvalue weighted by molar-refractivity contribution is -0.126. The standard InChI is InChI=1S/C17H18N2O4/c20-16(13-10-12-4-1-2-5-14(12)23-11-13)18-7-8-19-17(21)15-6-3-9-22-15/h1-6,9,13H,7-8,10-11H2,(H,18,20)(H,19,21). The maximum atomic E-state index is 12.2. The van der Waals surface area contributed by atoms with Gasteiger partial charge < -0.3 is 19.8 Å². The molecular formula is C17H18N2O4. The van der Waals surface area contributed by atoms with Gasteiger partial charge in [-0.05, 0) is 30.2 Å². The Morgan fingerprint density at radius 3 is 2.74 bits per heavy atom. The van der Waals surface area contributed by atoms with E-state index in [1.807, 2.05) is 24.3 Å². The normalized spacial score (nSPS) is 16.1. The lowest BCUT2D eigenvalue weighted by atomic mass is 9.96. The minimum absolute atomic E-state index is 0.0632. The lowest BCUT2D eigenvalue weighted by Gasteiger charge is -2.24. The van der Waals surface area contributed by atoms with E-state index in [0.717, 1.165) is 11.3 Å². The first-order valence-electron chi connectivity index (χ1n) is 7.54. The smallest absolute Gasteiger partial charge is 0.287 e. The Hall–Kier alpha value is -2.76. The number of para-hydroxylation sites is 1. The fourth-order valence-electron chi connectivity index (χ4n) is 2.50. The van der Waals surface area contributed by atoms with Crippen LogP contribution in [0.25, 0.3) is 0 Å². The molecule has 0 aliphatic carbocycles. The number of carbonyl (C=O) groups is 2. The van der Waals surface area contributed by atoms with E-state index in [1.54, 1.807) is 12.1 Å². The van der Waals surface area contributed by atoms with Gasteiger partial charge in [-0.1, -0.05) is 18.2 Å². The first-order chi connectivity index (χ1) is 11.2. The topological polar surface area (TPSA) is 80.6 Å². The molecule has 0 fully saturated rings. The van der Waals surface area contributed by atoms with Crippen LogP contribution in [0.15, 0.2) is 47.1 Å². The maximum absolute atomic E-state index is 12.2. The van der Waals surface area contributed by atoms with Crippen molar-refractivity contribution in [1.82, 2.24) is 10.6 Å². The molecule has 1 atom stereocenters. The van der Waals surface area contributed by atoms with Crippen LogP contribution in [0.1, 0.15) is 16.1 Å². The van der Waals surface area contributed by atoms with Gasteiger partial charge in [-0.2, -0.15) is 0 Å². The molecule has 2 aromatic rings. The van der Waals surface area contributed by atoms with Gasteiger partial charge in [-0.15, -0.1) is 0 Å². The molecule has 1 aliphatic heterocycles. The number of rotatable bonds is 5. The van der Waals surface area contributed by atoms with Gasteiger partial charge in [0.15, 0.2) is 5.76 Å². The molecule has 0 bridgehead atoms. The van der Waals surface area contributed by atoms with Gasteiger partial charge in [-0.25, -0.2) is 0 Å². The number of hydrogen-bond donors (Lipinski definition) is 2. The number of carbonyl (C=O) groups excluding carboxylic acids is 2. The van der Waals surface area contributed by atoms with Crippen LogP contribution >= 0.6 is 0 Å². The highest BCUT2D eigenvalue weighted by molar-refractivity contribution is 5.91. The van der Waals surface area contributed by atoms with E-state index >= 15 is 0 Å². The lowest BCUT2D eigenvalue weighted by Crippen LogP contribution is -2.41. The molecule has 2 N–H and O–H groups in total. The van der Waals surface area contributed by atoms with Crippen LogP contribution in [-0.2, 0) is 11.2 Å². The molecule has 23 heavy (non-hydrogen) atoms. The first kappa shape index (κ1) is 15.1. The molecule has 2 heterocycles. The Bertz CT molecular complexity index is 682. The first-order valence-corrected chi connectivity index (χ1v) is 7.54. The van der Waals surface area contributed by atoms with E-state index in [2.05, 4.69) is 10.6 Å². The second-order valence-corrected chi connectivity index (χ2v) is 5.34. The molecule has 1 aromatic carbocycles. The monoisotopic (exact) mass is 314 g/mol. The van der Waals surface area contributed by atoms with Crippen LogP contribution in [0.2, 0.25) is 0 Å². The summed E-state index contributed by atoms with van der Waals surface area (Å²) in [4.78, 5) is 23.8. The molecule has 1 unspecified atom stereocenters. The summed E-state index contributed by atoms with van der Waals surface area (Å²) in [5, 5.41) is 5.50. The number of amides is 2. The summed E-state index contributed by atoms with van der Waals surface area (Å²) in [6.45, 7) is 1.08. The molecule has 0 saturated heterocycles. The zero-order chi connectivity index (χ0) is 16.1. The maximum Gasteiger partial charge on any atom is 0.287 e. The summed E-state index contributed by atoms with van der Waals surface area (Å²) in [7, 11) is 0. The van der Waals surface area contributed by atoms with Crippen LogP contribution in [-0.4, -0.2) is 31.5 Å². The molecule has 6 nitrogen and oxygen atoms in total. The Morgan fingerprint density at radius 1 is 1.09 bits per heavy atom. The third kappa shape index (κ3) is 3.71. The third-order valence-electron chi connectivity index (χ3n) is 3.70. The third-order valence-corrected chi connectivity index (χ3v) is 3.70. The fourth-order valence-corrected chi connectivity index (χ4v) is 2.50. The van der Waals surface area contributed by atoms with Gasteiger partial charge in [0.25, 0.3) is 5.91 Å². The molecule has 0 spiro atoms. The van der Waals surface area contributed by atoms with E-state index in [4.69, 9.17) is 9.15 Å². The van der Waals surface area contributed by atoms with Crippen LogP contribution in [0.5, 0.6) is 5.75 Å². The van der Waals surface area contributed by atoms with E-state index in [-0.39, 0.29) is 23.5 Å². The number of fused-ring (bicyclic) bond motifs is 1. The predicted octanol–water partition coefficient (Wildman–Crippen LogP) is 1.38. The average molecular weight is 314 g/mol. The van der Waals surface area contributed by atoms with E-state index in [9.17, 15) is 9.59 Å². The van der Waals surface area contributed by atoms with Crippen molar-refractivity contribution < 1.29 is 18.7 Å². The minimum Gasteiger partial charge on any atom is -0.492 e. The number of ether oxygens (including phenoxy) is 1. The van der Waals surface area contributed by atoms with Gasteiger partial charge in [0.1, 0.15) is 12.4 Å². The van der Waals surface area contributed by atoms with Crippen LogP contribution in [0.3, 0.4) is 0 Å². The summed E-state index contributed by atoms with van der Waals surface area (Å²) < 4.78 is 10.6. The molecule has 2 amide bonds. The van der Waals surface area contributed by atoms with Crippen molar-refractivity contribution in [3.05, 3.63) is 54.0 Å². The molecule has 1 aromatic heterocycles. The van der Waals surface area contributed by atoms with Gasteiger partial charge in [-0.3, -0.25) is 9.59 Å². The van der Waals surface area contributed by atoms with Crippen LogP contribution < -0.4 is 15.4 Å². The number of hydrogen-bond acceptors (Lipinski definition) is 4. The second kappa shape index (κ2) is 7.00. The molecule has 0 radical (unpaired) electrons. The molecule has 0 saturated carbocycles. The summed E-state index contributed by atoms with van der Waals surface area (Å²) >= 11 is 0. The summed E-state index contributed by atoms with van der Waals surface area (Å²) in [6.07, 6.45) is 2.11. The Balaban J connectivity index is 1.41. The highest BCUT2D eigenvalue weighted by Crippen LogP contribution is 2.26. The highest BCUT2D eigenvalue weighted by atomic mass is 16.5. The molecule has 1 aliphatic rings. The average Bonchev–Trinajstić information content (AvgIpc) is 3.12. The zero-order valence-corrected chi connectivity index (χ0v) is 12.6. The Kier molecular flexibility index (Phi) is 4.61. The minimum atomic E-state index is -0.292. The van der Waals surface area contributed by atoms with Crippen molar-refractivity contribution in [1.29, 1.82) is 0 Å². The molecule has 6 heteroatoms. The fraction of sp³-hybridized carbons (Fsp3) is 0.294. The number of benzene rings is 1. The quantitative estimate of drug-likeness (QED) is 0.817. The Morgan fingerprint density at radius 2 is 1.91 bits per heavy atom. The summed E-state index contributed by atoms with van der Waals surface area (Å²) in [6, 6.07) is 11.0. The van der Waals surface area contributed by atoms with Crippen molar-refractivity contribution in [2.75, 3.05) is 19.7 Å². The van der Waals surface area contributed by atoms with Crippen molar-refractivity contribution in [3.8, 4) is 5.75 Å². The highest BCUT2D eigenvalue weighted by Gasteiger charge is 2.25. The summed E-state index contributed by atoms with van der Waals surface area (Å²) in [5.41, 5.74) is 1.05.